The SMILES string of the molecule is CC(C)(C)C1=CC2=CC(Br)=C3C=C(C(C)(C)C)C=C4C(C(=O)c5cccc6ccccc56)=CC(=C1)[C@@]2(C)[C@]43C. The van der Waals surface area contributed by atoms with Gasteiger partial charge in [-0.05, 0) is 67.2 Å². The van der Waals surface area contributed by atoms with Crippen molar-refractivity contribution < 1.29 is 4.79 Å². The van der Waals surface area contributed by atoms with Gasteiger partial charge in [0.1, 0.15) is 0 Å². The lowest BCUT2D eigenvalue weighted by Crippen LogP contribution is -2.50. The standard InChI is InChI=1S/C37H37BrO/c1-34(2,3)23-16-25-18-29(33(39)28-15-11-13-22-12-9-10-14-27(22)28)30-19-24(35(4,5)6)20-31-32(38)21-26(17-23)36(25,7)37(30,31)8/h9-21H,1-8H3/t36-,37-/m1/s1. The molecule has 2 aromatic carbocycles. The Morgan fingerprint density at radius 3 is 2.00 bits per heavy atom. The molecule has 39 heavy (non-hydrogen) atoms. The molecule has 2 atom stereocenters. The van der Waals surface area contributed by atoms with Gasteiger partial charge in [-0.3, -0.25) is 4.79 Å². The van der Waals surface area contributed by atoms with Gasteiger partial charge in [0, 0.05) is 26.4 Å². The van der Waals surface area contributed by atoms with E-state index in [2.05, 4.69) is 126 Å². The molecule has 198 valence electrons. The number of ketones is 1. The molecule has 4 aliphatic rings. The highest BCUT2D eigenvalue weighted by molar-refractivity contribution is 9.11. The average molecular weight is 578 g/mol. The molecular formula is C37H37BrO. The Hall–Kier alpha value is -2.97. The predicted molar refractivity (Wildman–Crippen MR) is 168 cm³/mol. The van der Waals surface area contributed by atoms with Gasteiger partial charge in [0.05, 0.1) is 0 Å². The van der Waals surface area contributed by atoms with Crippen LogP contribution in [0.1, 0.15) is 65.7 Å². The molecule has 2 aromatic rings. The molecule has 0 heterocycles. The number of benzene rings is 2. The smallest absolute Gasteiger partial charge is 0.193 e. The number of Topliss-reactive ketones (excluding diaryl/α,β-unsaturated/α-hetero) is 1. The Labute approximate surface area is 241 Å². The third-order valence-corrected chi connectivity index (χ3v) is 10.3. The Balaban J connectivity index is 1.70. The summed E-state index contributed by atoms with van der Waals surface area (Å²) in [6.07, 6.45) is 14.0. The van der Waals surface area contributed by atoms with Gasteiger partial charge >= 0.3 is 0 Å². The molecule has 2 heteroatoms. The second kappa shape index (κ2) is 8.27. The number of hydrogen-bond donors (Lipinski definition) is 0. The zero-order valence-electron chi connectivity index (χ0n) is 24.3. The van der Waals surface area contributed by atoms with Crippen LogP contribution in [0, 0.1) is 21.7 Å². The minimum Gasteiger partial charge on any atom is -0.289 e. The molecule has 1 nitrogen and oxygen atoms in total. The number of halogens is 1. The number of rotatable bonds is 2. The summed E-state index contributed by atoms with van der Waals surface area (Å²) in [5.41, 5.74) is 8.23. The molecule has 0 bridgehead atoms. The van der Waals surface area contributed by atoms with E-state index < -0.39 is 5.41 Å². The Morgan fingerprint density at radius 2 is 1.31 bits per heavy atom. The Kier molecular flexibility index (Phi) is 5.57. The zero-order chi connectivity index (χ0) is 28.1. The van der Waals surface area contributed by atoms with Crippen LogP contribution in [0.25, 0.3) is 10.8 Å². The van der Waals surface area contributed by atoms with Gasteiger partial charge in [-0.25, -0.2) is 0 Å². The minimum absolute atomic E-state index is 0.0117. The van der Waals surface area contributed by atoms with E-state index in [4.69, 9.17) is 0 Å². The molecule has 0 unspecified atom stereocenters. The fourth-order valence-corrected chi connectivity index (χ4v) is 7.59. The lowest BCUT2D eigenvalue weighted by Gasteiger charge is -2.58. The van der Waals surface area contributed by atoms with Crippen LogP contribution in [0.15, 0.2) is 122 Å². The van der Waals surface area contributed by atoms with Gasteiger partial charge in [-0.2, -0.15) is 0 Å². The summed E-state index contributed by atoms with van der Waals surface area (Å²) in [5.74, 6) is 0.0934. The third kappa shape index (κ3) is 3.60. The van der Waals surface area contributed by atoms with Crippen molar-refractivity contribution in [1.29, 1.82) is 0 Å². The van der Waals surface area contributed by atoms with Gasteiger partial charge in [0.25, 0.3) is 0 Å². The Morgan fingerprint density at radius 1 is 0.692 bits per heavy atom. The molecule has 0 fully saturated rings. The minimum atomic E-state index is -0.402. The first-order valence-electron chi connectivity index (χ1n) is 13.9. The van der Waals surface area contributed by atoms with E-state index in [1.165, 1.54) is 27.9 Å². The number of allylic oxidation sites excluding steroid dienone is 14. The maximum Gasteiger partial charge on any atom is 0.193 e. The van der Waals surface area contributed by atoms with Crippen molar-refractivity contribution in [2.45, 2.75) is 55.4 Å². The molecule has 0 saturated carbocycles. The lowest BCUT2D eigenvalue weighted by atomic mass is 9.44. The fourth-order valence-electron chi connectivity index (χ4n) is 6.83. The largest absolute Gasteiger partial charge is 0.289 e. The van der Waals surface area contributed by atoms with Crippen molar-refractivity contribution in [1.82, 2.24) is 0 Å². The van der Waals surface area contributed by atoms with Crippen LogP contribution in [0.2, 0.25) is 0 Å². The summed E-state index contributed by atoms with van der Waals surface area (Å²) in [5, 5.41) is 2.09. The number of carbonyl (C=O) groups excluding carboxylic acids is 1. The van der Waals surface area contributed by atoms with Gasteiger partial charge in [-0.15, -0.1) is 0 Å². The van der Waals surface area contributed by atoms with Crippen molar-refractivity contribution in [3.05, 3.63) is 128 Å². The zero-order valence-corrected chi connectivity index (χ0v) is 25.9. The van der Waals surface area contributed by atoms with Crippen LogP contribution in [0.4, 0.5) is 0 Å². The lowest BCUT2D eigenvalue weighted by molar-refractivity contribution is 0.102. The summed E-state index contributed by atoms with van der Waals surface area (Å²) in [6, 6.07) is 14.3. The van der Waals surface area contributed by atoms with Crippen molar-refractivity contribution >= 4 is 32.5 Å². The van der Waals surface area contributed by atoms with Crippen LogP contribution < -0.4 is 0 Å². The number of fused-ring (bicyclic) bond motifs is 1. The second-order valence-corrected chi connectivity index (χ2v) is 14.7. The average Bonchev–Trinajstić information content (AvgIpc) is 2.86. The molecule has 0 radical (unpaired) electrons. The molecule has 6 rings (SSSR count). The van der Waals surface area contributed by atoms with E-state index in [9.17, 15) is 4.79 Å². The summed E-state index contributed by atoms with van der Waals surface area (Å²) in [7, 11) is 0. The van der Waals surface area contributed by atoms with Crippen molar-refractivity contribution in [2.24, 2.45) is 21.7 Å². The van der Waals surface area contributed by atoms with E-state index >= 15 is 0 Å². The van der Waals surface area contributed by atoms with Gasteiger partial charge in [0.15, 0.2) is 5.78 Å². The summed E-state index contributed by atoms with van der Waals surface area (Å²) in [6.45, 7) is 18.3. The number of carbonyl (C=O) groups is 1. The van der Waals surface area contributed by atoms with Crippen LogP contribution >= 0.6 is 15.9 Å². The highest BCUT2D eigenvalue weighted by Gasteiger charge is 2.60. The van der Waals surface area contributed by atoms with Crippen LogP contribution in [-0.2, 0) is 0 Å². The number of hydrogen-bond acceptors (Lipinski definition) is 1. The maximum absolute atomic E-state index is 14.7. The van der Waals surface area contributed by atoms with Gasteiger partial charge in [0.2, 0.25) is 0 Å². The van der Waals surface area contributed by atoms with E-state index in [-0.39, 0.29) is 22.0 Å². The predicted octanol–water partition coefficient (Wildman–Crippen LogP) is 10.4. The van der Waals surface area contributed by atoms with E-state index in [1.807, 2.05) is 24.3 Å². The van der Waals surface area contributed by atoms with E-state index in [0.29, 0.717) is 0 Å². The first kappa shape index (κ1) is 26.3. The molecular weight excluding hydrogens is 540 g/mol. The third-order valence-electron chi connectivity index (χ3n) is 9.59. The summed E-state index contributed by atoms with van der Waals surface area (Å²) < 4.78 is 1.11. The van der Waals surface area contributed by atoms with Crippen LogP contribution in [0.3, 0.4) is 0 Å². The van der Waals surface area contributed by atoms with Gasteiger partial charge in [-0.1, -0.05) is 138 Å². The summed E-state index contributed by atoms with van der Waals surface area (Å²) >= 11 is 4.00. The molecule has 0 aromatic heterocycles. The monoisotopic (exact) mass is 576 g/mol. The molecule has 0 saturated heterocycles. The molecule has 0 amide bonds. The second-order valence-electron chi connectivity index (χ2n) is 13.9. The first-order valence-corrected chi connectivity index (χ1v) is 14.7. The summed E-state index contributed by atoms with van der Waals surface area (Å²) in [4.78, 5) is 14.7. The molecule has 0 spiro atoms. The van der Waals surface area contributed by atoms with Gasteiger partial charge < -0.3 is 0 Å². The molecule has 0 N–H and O–H groups in total. The van der Waals surface area contributed by atoms with Crippen molar-refractivity contribution in [3.63, 3.8) is 0 Å². The topological polar surface area (TPSA) is 17.1 Å². The van der Waals surface area contributed by atoms with E-state index in [0.717, 1.165) is 32.0 Å². The maximum atomic E-state index is 14.7. The van der Waals surface area contributed by atoms with Crippen LogP contribution in [-0.4, -0.2) is 5.78 Å². The first-order chi connectivity index (χ1) is 18.2. The quantitative estimate of drug-likeness (QED) is 0.325. The van der Waals surface area contributed by atoms with Crippen molar-refractivity contribution in [3.8, 4) is 0 Å². The Bertz CT molecular complexity index is 1690. The molecule has 4 aliphatic carbocycles. The van der Waals surface area contributed by atoms with E-state index in [1.54, 1.807) is 0 Å². The van der Waals surface area contributed by atoms with Crippen LogP contribution in [0.5, 0.6) is 0 Å². The highest BCUT2D eigenvalue weighted by Crippen LogP contribution is 2.69. The normalized spacial score (nSPS) is 26.2. The molecule has 0 aliphatic heterocycles. The fraction of sp³-hybridized carbons (Fsp3) is 0.324. The highest BCUT2D eigenvalue weighted by atomic mass is 79.9. The van der Waals surface area contributed by atoms with Crippen molar-refractivity contribution in [2.75, 3.05) is 0 Å².